The zero-order valence-electron chi connectivity index (χ0n) is 7.79. The second kappa shape index (κ2) is 4.67. The number of hydrogen-bond acceptors (Lipinski definition) is 3. The Labute approximate surface area is 77.4 Å². The van der Waals surface area contributed by atoms with Crippen molar-refractivity contribution in [2.75, 3.05) is 18.8 Å². The van der Waals surface area contributed by atoms with Gasteiger partial charge in [-0.2, -0.15) is 0 Å². The third kappa shape index (κ3) is 2.59. The molecule has 1 aromatic heterocycles. The molecule has 1 heterocycles. The Bertz CT molecular complexity index is 319. The predicted molar refractivity (Wildman–Crippen MR) is 53.7 cm³/mol. The molecule has 0 bridgehead atoms. The van der Waals surface area contributed by atoms with Crippen LogP contribution in [-0.2, 0) is 6.54 Å². The lowest BCUT2D eigenvalue weighted by Crippen LogP contribution is -2.27. The molecular formula is C9H15N3O. The van der Waals surface area contributed by atoms with E-state index in [1.807, 2.05) is 6.92 Å². The molecule has 0 aromatic carbocycles. The zero-order chi connectivity index (χ0) is 9.68. The third-order valence-corrected chi connectivity index (χ3v) is 1.83. The molecule has 1 aromatic rings. The van der Waals surface area contributed by atoms with Crippen LogP contribution in [0.3, 0.4) is 0 Å². The van der Waals surface area contributed by atoms with Crippen LogP contribution in [0.4, 0.5) is 5.69 Å². The van der Waals surface area contributed by atoms with Crippen molar-refractivity contribution in [3.8, 4) is 0 Å². The molecule has 0 atom stereocenters. The minimum absolute atomic E-state index is 0.111. The van der Waals surface area contributed by atoms with Crippen LogP contribution in [0.25, 0.3) is 0 Å². The number of nitrogens with two attached hydrogens (primary N) is 1. The number of rotatable bonds is 4. The first-order valence-corrected chi connectivity index (χ1v) is 4.41. The van der Waals surface area contributed by atoms with Crippen LogP contribution >= 0.6 is 0 Å². The Morgan fingerprint density at radius 3 is 3.08 bits per heavy atom. The molecule has 0 aliphatic rings. The summed E-state index contributed by atoms with van der Waals surface area (Å²) in [5, 5.41) is 3.14. The fraction of sp³-hybridized carbons (Fsp3) is 0.444. The fourth-order valence-electron chi connectivity index (χ4n) is 1.11. The highest BCUT2D eigenvalue weighted by atomic mass is 16.1. The lowest BCUT2D eigenvalue weighted by molar-refractivity contribution is 0.600. The van der Waals surface area contributed by atoms with Crippen molar-refractivity contribution in [2.45, 2.75) is 13.5 Å². The minimum atomic E-state index is -0.111. The first-order valence-electron chi connectivity index (χ1n) is 4.41. The summed E-state index contributed by atoms with van der Waals surface area (Å²) in [4.78, 5) is 11.4. The van der Waals surface area contributed by atoms with E-state index in [4.69, 9.17) is 5.73 Å². The van der Waals surface area contributed by atoms with Gasteiger partial charge in [-0.1, -0.05) is 6.92 Å². The lowest BCUT2D eigenvalue weighted by Gasteiger charge is -2.05. The summed E-state index contributed by atoms with van der Waals surface area (Å²) in [6, 6.07) is 3.40. The van der Waals surface area contributed by atoms with E-state index in [1.165, 1.54) is 0 Å². The molecule has 0 spiro atoms. The van der Waals surface area contributed by atoms with Gasteiger partial charge in [-0.3, -0.25) is 4.79 Å². The summed E-state index contributed by atoms with van der Waals surface area (Å²) in [6.45, 7) is 4.40. The van der Waals surface area contributed by atoms with Gasteiger partial charge in [0.1, 0.15) is 0 Å². The molecule has 0 saturated carbocycles. The zero-order valence-corrected chi connectivity index (χ0v) is 7.79. The van der Waals surface area contributed by atoms with Gasteiger partial charge in [-0.05, 0) is 18.7 Å². The van der Waals surface area contributed by atoms with Crippen LogP contribution in [0, 0.1) is 0 Å². The van der Waals surface area contributed by atoms with Gasteiger partial charge in [-0.25, -0.2) is 0 Å². The van der Waals surface area contributed by atoms with Crippen molar-refractivity contribution in [1.82, 2.24) is 9.88 Å². The van der Waals surface area contributed by atoms with Crippen LogP contribution in [-0.4, -0.2) is 17.7 Å². The number of anilines is 1. The molecule has 3 N–H and O–H groups in total. The quantitative estimate of drug-likeness (QED) is 0.645. The van der Waals surface area contributed by atoms with Crippen molar-refractivity contribution < 1.29 is 0 Å². The van der Waals surface area contributed by atoms with Gasteiger partial charge in [0.05, 0.1) is 5.69 Å². The van der Waals surface area contributed by atoms with Crippen LogP contribution in [0.5, 0.6) is 0 Å². The molecule has 0 aliphatic heterocycles. The Hall–Kier alpha value is -1.29. The van der Waals surface area contributed by atoms with E-state index in [1.54, 1.807) is 22.9 Å². The molecule has 4 nitrogen and oxygen atoms in total. The number of likely N-dealkylation sites (N-methyl/N-ethyl adjacent to an activating group) is 1. The summed E-state index contributed by atoms with van der Waals surface area (Å²) in [5.74, 6) is 0. The number of nitrogen functional groups attached to an aromatic ring is 1. The van der Waals surface area contributed by atoms with Crippen molar-refractivity contribution in [2.24, 2.45) is 0 Å². The Morgan fingerprint density at radius 2 is 2.38 bits per heavy atom. The van der Waals surface area contributed by atoms with Gasteiger partial charge in [0, 0.05) is 19.3 Å². The molecule has 1 rings (SSSR count). The van der Waals surface area contributed by atoms with Gasteiger partial charge >= 0.3 is 0 Å². The van der Waals surface area contributed by atoms with Crippen molar-refractivity contribution in [3.63, 3.8) is 0 Å². The second-order valence-electron chi connectivity index (χ2n) is 2.82. The first kappa shape index (κ1) is 9.80. The molecule has 0 unspecified atom stereocenters. The summed E-state index contributed by atoms with van der Waals surface area (Å²) < 4.78 is 1.61. The minimum Gasteiger partial charge on any atom is -0.394 e. The maximum Gasteiger partial charge on any atom is 0.273 e. The average Bonchev–Trinajstić information content (AvgIpc) is 2.13. The molecule has 13 heavy (non-hydrogen) atoms. The SMILES string of the molecule is CCNCCn1cccc(N)c1=O. The standard InChI is InChI=1S/C9H15N3O/c1-2-11-5-7-12-6-3-4-8(10)9(12)13/h3-4,6,11H,2,5,7,10H2,1H3. The summed E-state index contributed by atoms with van der Waals surface area (Å²) in [7, 11) is 0. The van der Waals surface area contributed by atoms with E-state index >= 15 is 0 Å². The van der Waals surface area contributed by atoms with Crippen LogP contribution in [0.2, 0.25) is 0 Å². The third-order valence-electron chi connectivity index (χ3n) is 1.83. The molecule has 0 saturated heterocycles. The number of nitrogens with one attached hydrogen (secondary N) is 1. The second-order valence-corrected chi connectivity index (χ2v) is 2.82. The highest BCUT2D eigenvalue weighted by Gasteiger charge is 1.97. The molecule has 0 radical (unpaired) electrons. The number of nitrogens with zero attached hydrogens (tertiary/aromatic N) is 1. The highest BCUT2D eigenvalue weighted by molar-refractivity contribution is 5.33. The van der Waals surface area contributed by atoms with Gasteiger partial charge in [-0.15, -0.1) is 0 Å². The van der Waals surface area contributed by atoms with Crippen molar-refractivity contribution in [1.29, 1.82) is 0 Å². The van der Waals surface area contributed by atoms with Crippen LogP contribution in [0.1, 0.15) is 6.92 Å². The topological polar surface area (TPSA) is 60.1 Å². The maximum absolute atomic E-state index is 11.4. The Balaban J connectivity index is 2.67. The maximum atomic E-state index is 11.4. The van der Waals surface area contributed by atoms with Crippen LogP contribution in [0.15, 0.2) is 23.1 Å². The summed E-state index contributed by atoms with van der Waals surface area (Å²) >= 11 is 0. The molecule has 72 valence electrons. The lowest BCUT2D eigenvalue weighted by atomic mass is 10.4. The predicted octanol–water partition coefficient (Wildman–Crippen LogP) is 0.0400. The van der Waals surface area contributed by atoms with Gasteiger partial charge in [0.15, 0.2) is 0 Å². The first-order chi connectivity index (χ1) is 6.25. The van der Waals surface area contributed by atoms with Crippen molar-refractivity contribution in [3.05, 3.63) is 28.7 Å². The van der Waals surface area contributed by atoms with Gasteiger partial charge < -0.3 is 15.6 Å². The van der Waals surface area contributed by atoms with Gasteiger partial charge in [0.25, 0.3) is 5.56 Å². The molecular weight excluding hydrogens is 166 g/mol. The summed E-state index contributed by atoms with van der Waals surface area (Å²) in [5.41, 5.74) is 5.67. The van der Waals surface area contributed by atoms with E-state index < -0.39 is 0 Å². The number of hydrogen-bond donors (Lipinski definition) is 2. The summed E-state index contributed by atoms with van der Waals surface area (Å²) in [6.07, 6.45) is 1.75. The average molecular weight is 181 g/mol. The van der Waals surface area contributed by atoms with E-state index in [2.05, 4.69) is 5.32 Å². The normalized spacial score (nSPS) is 10.2. The van der Waals surface area contributed by atoms with E-state index in [0.717, 1.165) is 13.1 Å². The molecule has 0 aliphatic carbocycles. The van der Waals surface area contributed by atoms with E-state index in [9.17, 15) is 4.79 Å². The van der Waals surface area contributed by atoms with E-state index in [-0.39, 0.29) is 5.56 Å². The smallest absolute Gasteiger partial charge is 0.273 e. The van der Waals surface area contributed by atoms with Crippen molar-refractivity contribution >= 4 is 5.69 Å². The largest absolute Gasteiger partial charge is 0.394 e. The number of pyridine rings is 1. The monoisotopic (exact) mass is 181 g/mol. The Morgan fingerprint density at radius 1 is 1.62 bits per heavy atom. The molecule has 0 fully saturated rings. The molecule has 4 heteroatoms. The fourth-order valence-corrected chi connectivity index (χ4v) is 1.11. The number of aromatic nitrogens is 1. The Kier molecular flexibility index (Phi) is 3.52. The van der Waals surface area contributed by atoms with Crippen LogP contribution < -0.4 is 16.6 Å². The van der Waals surface area contributed by atoms with E-state index in [0.29, 0.717) is 12.2 Å². The highest BCUT2D eigenvalue weighted by Crippen LogP contribution is 1.90. The molecule has 0 amide bonds. The van der Waals surface area contributed by atoms with Gasteiger partial charge in [0.2, 0.25) is 0 Å².